The second-order valence-electron chi connectivity index (χ2n) is 15.9. The first-order valence-corrected chi connectivity index (χ1v) is 20.3. The van der Waals surface area contributed by atoms with Gasteiger partial charge in [0, 0.05) is 75.8 Å². The van der Waals surface area contributed by atoms with Crippen LogP contribution in [0.1, 0.15) is 74.8 Å². The molecule has 5 aliphatic rings. The van der Waals surface area contributed by atoms with Gasteiger partial charge in [-0.25, -0.2) is 0 Å². The predicted molar refractivity (Wildman–Crippen MR) is 210 cm³/mol. The smallest absolute Gasteiger partial charge is 0.269 e. The van der Waals surface area contributed by atoms with E-state index in [1.165, 1.54) is 12.1 Å². The van der Waals surface area contributed by atoms with E-state index in [9.17, 15) is 25.1 Å². The van der Waals surface area contributed by atoms with Gasteiger partial charge in [0.05, 0.1) is 23.2 Å². The van der Waals surface area contributed by atoms with Crippen molar-refractivity contribution in [3.63, 3.8) is 0 Å². The molecule has 3 fully saturated rings. The summed E-state index contributed by atoms with van der Waals surface area (Å²) < 4.78 is 20.5. The Morgan fingerprint density at radius 3 is 2.54 bits per heavy atom. The van der Waals surface area contributed by atoms with Crippen molar-refractivity contribution >= 4 is 17.3 Å². The first-order chi connectivity index (χ1) is 27.3. The van der Waals surface area contributed by atoms with Gasteiger partial charge in [-0.3, -0.25) is 19.8 Å². The number of carbonyl (C=O) groups excluding carboxylic acids is 1. The van der Waals surface area contributed by atoms with Gasteiger partial charge in [0.2, 0.25) is 11.7 Å². The summed E-state index contributed by atoms with van der Waals surface area (Å²) in [6, 6.07) is 11.7. The lowest BCUT2D eigenvalue weighted by Gasteiger charge is -2.59. The zero-order valence-corrected chi connectivity index (χ0v) is 32.4. The van der Waals surface area contributed by atoms with Gasteiger partial charge in [-0.1, -0.05) is 30.1 Å². The highest BCUT2D eigenvalue weighted by molar-refractivity contribution is 6.03. The van der Waals surface area contributed by atoms with E-state index in [4.69, 9.17) is 24.2 Å². The second-order valence-corrected chi connectivity index (χ2v) is 15.9. The maximum absolute atomic E-state index is 14.0. The molecule has 1 amide bonds. The third-order valence-corrected chi connectivity index (χ3v) is 12.2. The quantitative estimate of drug-likeness (QED) is 0.0508. The average molecular weight is 773 g/mol. The molecule has 13 nitrogen and oxygen atoms in total. The van der Waals surface area contributed by atoms with Crippen molar-refractivity contribution < 1.29 is 39.0 Å². The van der Waals surface area contributed by atoms with Crippen LogP contribution in [0.25, 0.3) is 0 Å². The Labute approximate surface area is 329 Å². The van der Waals surface area contributed by atoms with Crippen LogP contribution in [0.2, 0.25) is 0 Å². The number of hydrogen-bond acceptors (Lipinski definition) is 11. The largest absolute Gasteiger partial charge is 0.492 e. The number of aliphatic hydroxyl groups excluding tert-OH is 2. The molecule has 6 atom stereocenters. The van der Waals surface area contributed by atoms with Crippen molar-refractivity contribution in [2.24, 2.45) is 28.8 Å². The molecule has 2 heterocycles. The molecule has 2 N–H and O–H groups in total. The molecule has 302 valence electrons. The van der Waals surface area contributed by atoms with E-state index < -0.39 is 22.7 Å². The van der Waals surface area contributed by atoms with Gasteiger partial charge >= 0.3 is 0 Å². The number of amides is 1. The van der Waals surface area contributed by atoms with E-state index in [1.54, 1.807) is 18.2 Å². The van der Waals surface area contributed by atoms with E-state index in [2.05, 4.69) is 23.6 Å². The summed E-state index contributed by atoms with van der Waals surface area (Å²) in [5, 5.41) is 35.8. The van der Waals surface area contributed by atoms with Gasteiger partial charge in [-0.2, -0.15) is 0 Å². The number of rotatable bonds is 21. The number of allylic oxidation sites excluding steroid dienone is 1. The summed E-state index contributed by atoms with van der Waals surface area (Å²) in [5.74, 6) is -0.132. The minimum atomic E-state index is -1.29. The fourth-order valence-corrected chi connectivity index (χ4v) is 9.07. The zero-order valence-electron chi connectivity index (χ0n) is 32.4. The Morgan fingerprint density at radius 2 is 1.86 bits per heavy atom. The molecule has 56 heavy (non-hydrogen) atoms. The van der Waals surface area contributed by atoms with Crippen LogP contribution >= 0.6 is 0 Å². The number of non-ortho nitro benzene ring substituents is 1. The first-order valence-electron chi connectivity index (χ1n) is 20.3. The van der Waals surface area contributed by atoms with Crippen molar-refractivity contribution in [2.45, 2.75) is 82.1 Å². The molecule has 0 bridgehead atoms. The van der Waals surface area contributed by atoms with Gasteiger partial charge in [0.1, 0.15) is 30.8 Å². The van der Waals surface area contributed by atoms with Gasteiger partial charge in [-0.05, 0) is 91.8 Å². The molecular formula is C43H56N4O9. The van der Waals surface area contributed by atoms with Crippen LogP contribution in [0.4, 0.5) is 5.69 Å². The number of nitro benzene ring substituents is 1. The van der Waals surface area contributed by atoms with Crippen molar-refractivity contribution in [3.8, 4) is 11.5 Å². The van der Waals surface area contributed by atoms with Gasteiger partial charge in [-0.15, -0.1) is 6.58 Å². The fourth-order valence-electron chi connectivity index (χ4n) is 9.07. The standard InChI is InChI=1S/C43H56N4O9/c1-3-23-54-43-39(45(2)42(50)30-12-13-30)27-37(44-55-28-29-10-14-32(15-11-29)47(51)52)35-25-31(8-4-6-21-48)34(9-5-7-22-49)40(41(35)43)36-26-33(16-17-38(36)56-43)53-24-20-46-18-19-46/h3,10-11,14-17,25-26,30-31,34,39-41,48-49H,1,4-9,12-13,18-24,27-28H2,2H3. The number of hydrogen-bond donors (Lipinski definition) is 2. The van der Waals surface area contributed by atoms with Gasteiger partial charge in [0.15, 0.2) is 0 Å². The van der Waals surface area contributed by atoms with Crippen LogP contribution in [0.3, 0.4) is 0 Å². The number of likely N-dealkylation sites (N-methyl/N-ethyl adjacent to an activating group) is 1. The minimum Gasteiger partial charge on any atom is -0.492 e. The molecule has 2 saturated carbocycles. The number of benzene rings is 2. The van der Waals surface area contributed by atoms with Crippen LogP contribution in [0.5, 0.6) is 11.5 Å². The highest BCUT2D eigenvalue weighted by atomic mass is 16.7. The Balaban J connectivity index is 1.35. The summed E-state index contributed by atoms with van der Waals surface area (Å²) in [6.07, 6.45) is 10.8. The molecular weight excluding hydrogens is 716 g/mol. The maximum Gasteiger partial charge on any atom is 0.269 e. The fraction of sp³-hybridized carbons (Fsp3) is 0.581. The molecule has 1 saturated heterocycles. The summed E-state index contributed by atoms with van der Waals surface area (Å²) in [6.45, 7) is 8.15. The van der Waals surface area contributed by atoms with E-state index in [1.807, 2.05) is 24.1 Å². The second kappa shape index (κ2) is 17.9. The normalized spacial score (nSPS) is 27.0. The van der Waals surface area contributed by atoms with Crippen LogP contribution < -0.4 is 9.47 Å². The SMILES string of the molecule is C=CCOC12Oc3ccc(OCCN4CC4)cc3C3C(CCCCO)C(CCCCO)C=C(C(=NOCc4ccc([N+](=O)[O-])cc4)CC1N(C)C(=O)C1CC1)C32. The molecule has 13 heteroatoms. The number of fused-ring (bicyclic) bond motifs is 2. The number of nitro groups is 1. The molecule has 0 radical (unpaired) electrons. The average Bonchev–Trinajstić information content (AvgIpc) is 4.15. The summed E-state index contributed by atoms with van der Waals surface area (Å²) in [4.78, 5) is 35.0. The lowest BCUT2D eigenvalue weighted by atomic mass is 9.55. The molecule has 2 aromatic rings. The van der Waals surface area contributed by atoms with Crippen LogP contribution in [0, 0.1) is 33.8 Å². The Bertz CT molecular complexity index is 1770. The van der Waals surface area contributed by atoms with E-state index >= 15 is 0 Å². The monoisotopic (exact) mass is 772 g/mol. The predicted octanol–water partition coefficient (Wildman–Crippen LogP) is 5.99. The molecule has 0 aromatic heterocycles. The van der Waals surface area contributed by atoms with Crippen molar-refractivity contribution in [1.29, 1.82) is 0 Å². The van der Waals surface area contributed by atoms with Gasteiger partial charge in [0.25, 0.3) is 5.69 Å². The molecule has 6 unspecified atom stereocenters. The molecule has 3 aliphatic carbocycles. The summed E-state index contributed by atoms with van der Waals surface area (Å²) in [5.41, 5.74) is 3.42. The zero-order chi connectivity index (χ0) is 39.2. The molecule has 0 spiro atoms. The van der Waals surface area contributed by atoms with Crippen LogP contribution in [-0.4, -0.2) is 101 Å². The Hall–Kier alpha value is -4.30. The maximum atomic E-state index is 14.0. The number of aliphatic hydroxyl groups is 2. The van der Waals surface area contributed by atoms with Crippen molar-refractivity contribution in [1.82, 2.24) is 9.80 Å². The van der Waals surface area contributed by atoms with Crippen molar-refractivity contribution in [3.05, 3.63) is 88.0 Å². The lowest BCUT2D eigenvalue weighted by molar-refractivity contribution is -0.384. The summed E-state index contributed by atoms with van der Waals surface area (Å²) >= 11 is 0. The van der Waals surface area contributed by atoms with E-state index in [0.29, 0.717) is 37.3 Å². The van der Waals surface area contributed by atoms with E-state index in [-0.39, 0.29) is 61.7 Å². The number of unbranched alkanes of at least 4 members (excludes halogenated alkanes) is 2. The number of carbonyl (C=O) groups is 1. The van der Waals surface area contributed by atoms with E-state index in [0.717, 1.165) is 80.6 Å². The highest BCUT2D eigenvalue weighted by Crippen LogP contribution is 2.62. The molecule has 2 aliphatic heterocycles. The molecule has 2 aromatic carbocycles. The first kappa shape index (κ1) is 39.9. The Morgan fingerprint density at radius 1 is 1.11 bits per heavy atom. The third kappa shape index (κ3) is 8.66. The van der Waals surface area contributed by atoms with Crippen LogP contribution in [-0.2, 0) is 21.0 Å². The number of oxime groups is 1. The molecule has 7 rings (SSSR count). The highest BCUT2D eigenvalue weighted by Gasteiger charge is 2.65. The number of ether oxygens (including phenoxy) is 3. The van der Waals surface area contributed by atoms with Gasteiger partial charge < -0.3 is 34.2 Å². The lowest BCUT2D eigenvalue weighted by Crippen LogP contribution is -2.69. The van der Waals surface area contributed by atoms with Crippen LogP contribution in [0.15, 0.2) is 71.9 Å². The Kier molecular flexibility index (Phi) is 12.7. The third-order valence-electron chi connectivity index (χ3n) is 12.2. The topological polar surface area (TPSA) is 156 Å². The minimum absolute atomic E-state index is 0.000399. The number of nitrogens with zero attached hydrogens (tertiary/aromatic N) is 4. The van der Waals surface area contributed by atoms with Crippen molar-refractivity contribution in [2.75, 3.05) is 53.1 Å². The summed E-state index contributed by atoms with van der Waals surface area (Å²) in [7, 11) is 1.84.